The van der Waals surface area contributed by atoms with Crippen LogP contribution in [0.3, 0.4) is 0 Å². The zero-order chi connectivity index (χ0) is 7.99. The molecule has 0 bridgehead atoms. The molecule has 2 atom stereocenters. The molecule has 1 fully saturated rings. The van der Waals surface area contributed by atoms with Crippen LogP contribution < -0.4 is 0 Å². The summed E-state index contributed by atoms with van der Waals surface area (Å²) in [5, 5.41) is 0. The maximum atomic E-state index is 11.9. The Morgan fingerprint density at radius 2 is 1.90 bits per heavy atom. The van der Waals surface area contributed by atoms with Gasteiger partial charge >= 0.3 is 6.18 Å². The van der Waals surface area contributed by atoms with E-state index in [1.165, 1.54) is 0 Å². The Morgan fingerprint density at radius 3 is 2.00 bits per heavy atom. The van der Waals surface area contributed by atoms with Crippen LogP contribution in [0.1, 0.15) is 20.3 Å². The van der Waals surface area contributed by atoms with Crippen LogP contribution in [0.15, 0.2) is 0 Å². The van der Waals surface area contributed by atoms with Crippen LogP contribution in [0, 0.1) is 0 Å². The first-order chi connectivity index (χ1) is 4.35. The zero-order valence-electron chi connectivity index (χ0n) is 5.83. The molecule has 1 rings (SSSR count). The standard InChI is InChI=1S/C6H9F3O/c1-4-3-5(2,10-4)6(7,8)9/h4H,3H2,1-2H3/t4?,5-/m0/s1. The highest BCUT2D eigenvalue weighted by Gasteiger charge is 2.59. The average Bonchev–Trinajstić information content (AvgIpc) is 1.58. The van der Waals surface area contributed by atoms with Crippen molar-refractivity contribution in [3.8, 4) is 0 Å². The molecule has 0 N–H and O–H groups in total. The van der Waals surface area contributed by atoms with Gasteiger partial charge in [0.15, 0.2) is 5.60 Å². The third-order valence-corrected chi connectivity index (χ3v) is 1.74. The van der Waals surface area contributed by atoms with E-state index in [1.807, 2.05) is 0 Å². The van der Waals surface area contributed by atoms with E-state index in [9.17, 15) is 13.2 Å². The molecule has 1 aliphatic rings. The summed E-state index contributed by atoms with van der Waals surface area (Å²) in [7, 11) is 0. The minimum absolute atomic E-state index is 0.0799. The van der Waals surface area contributed by atoms with Gasteiger partial charge in [0.05, 0.1) is 6.10 Å². The van der Waals surface area contributed by atoms with Crippen LogP contribution in [0.2, 0.25) is 0 Å². The average molecular weight is 154 g/mol. The lowest BCUT2D eigenvalue weighted by Crippen LogP contribution is -2.56. The SMILES string of the molecule is CC1C[C@@](C)(C(F)(F)F)O1. The predicted octanol–water partition coefficient (Wildman–Crippen LogP) is 2.12. The van der Waals surface area contributed by atoms with E-state index in [2.05, 4.69) is 4.74 Å². The summed E-state index contributed by atoms with van der Waals surface area (Å²) in [4.78, 5) is 0. The van der Waals surface area contributed by atoms with Gasteiger partial charge in [-0.2, -0.15) is 13.2 Å². The molecule has 0 radical (unpaired) electrons. The Kier molecular flexibility index (Phi) is 1.47. The van der Waals surface area contributed by atoms with Crippen LogP contribution in [0.4, 0.5) is 13.2 Å². The summed E-state index contributed by atoms with van der Waals surface area (Å²) in [5.74, 6) is 0. The summed E-state index contributed by atoms with van der Waals surface area (Å²) in [6, 6.07) is 0. The normalized spacial score (nSPS) is 41.1. The molecule has 1 saturated heterocycles. The maximum absolute atomic E-state index is 11.9. The van der Waals surface area contributed by atoms with Crippen molar-refractivity contribution in [2.75, 3.05) is 0 Å². The van der Waals surface area contributed by atoms with Gasteiger partial charge in [-0.05, 0) is 13.8 Å². The van der Waals surface area contributed by atoms with Crippen molar-refractivity contribution in [2.45, 2.75) is 38.1 Å². The fourth-order valence-electron chi connectivity index (χ4n) is 1.17. The highest BCUT2D eigenvalue weighted by molar-refractivity contribution is 4.93. The van der Waals surface area contributed by atoms with Gasteiger partial charge in [0.25, 0.3) is 0 Å². The van der Waals surface area contributed by atoms with Crippen molar-refractivity contribution >= 4 is 0 Å². The fourth-order valence-corrected chi connectivity index (χ4v) is 1.17. The van der Waals surface area contributed by atoms with Crippen LogP contribution in [0.5, 0.6) is 0 Å². The summed E-state index contributed by atoms with van der Waals surface area (Å²) < 4.78 is 40.4. The Hall–Kier alpha value is -0.250. The van der Waals surface area contributed by atoms with Crippen LogP contribution in [0.25, 0.3) is 0 Å². The Bertz CT molecular complexity index is 134. The summed E-state index contributed by atoms with van der Waals surface area (Å²) >= 11 is 0. The van der Waals surface area contributed by atoms with Crippen LogP contribution in [-0.2, 0) is 4.74 Å². The third-order valence-electron chi connectivity index (χ3n) is 1.74. The summed E-state index contributed by atoms with van der Waals surface area (Å²) in [5.41, 5.74) is -1.87. The van der Waals surface area contributed by atoms with Crippen molar-refractivity contribution < 1.29 is 17.9 Å². The zero-order valence-corrected chi connectivity index (χ0v) is 5.83. The smallest absolute Gasteiger partial charge is 0.363 e. The van der Waals surface area contributed by atoms with Gasteiger partial charge < -0.3 is 4.74 Å². The molecule has 0 amide bonds. The van der Waals surface area contributed by atoms with Crippen molar-refractivity contribution in [1.29, 1.82) is 0 Å². The lowest BCUT2D eigenvalue weighted by atomic mass is 9.91. The Morgan fingerprint density at radius 1 is 1.50 bits per heavy atom. The van der Waals surface area contributed by atoms with Gasteiger partial charge in [-0.25, -0.2) is 0 Å². The fraction of sp³-hybridized carbons (Fsp3) is 1.00. The van der Waals surface area contributed by atoms with Crippen molar-refractivity contribution in [2.24, 2.45) is 0 Å². The molecule has 60 valence electrons. The molecule has 1 unspecified atom stereocenters. The van der Waals surface area contributed by atoms with E-state index in [4.69, 9.17) is 0 Å². The number of halogens is 3. The number of rotatable bonds is 0. The highest BCUT2D eigenvalue weighted by atomic mass is 19.4. The lowest BCUT2D eigenvalue weighted by molar-refractivity contribution is -0.339. The van der Waals surface area contributed by atoms with Gasteiger partial charge in [0, 0.05) is 6.42 Å². The first kappa shape index (κ1) is 7.85. The number of ether oxygens (including phenoxy) is 1. The van der Waals surface area contributed by atoms with E-state index in [0.29, 0.717) is 0 Å². The summed E-state index contributed by atoms with van der Waals surface area (Å²) in [6.45, 7) is 2.71. The molecule has 1 nitrogen and oxygen atoms in total. The van der Waals surface area contributed by atoms with E-state index in [-0.39, 0.29) is 12.5 Å². The molecule has 0 aromatic heterocycles. The van der Waals surface area contributed by atoms with E-state index >= 15 is 0 Å². The molecule has 0 saturated carbocycles. The Balaban J connectivity index is 2.57. The second-order valence-electron chi connectivity index (χ2n) is 2.86. The van der Waals surface area contributed by atoms with Gasteiger partial charge in [0.1, 0.15) is 0 Å². The molecule has 0 aromatic rings. The maximum Gasteiger partial charge on any atom is 0.417 e. The quantitative estimate of drug-likeness (QED) is 0.519. The van der Waals surface area contributed by atoms with E-state index in [1.54, 1.807) is 6.92 Å². The minimum Gasteiger partial charge on any atom is -0.363 e. The molecular weight excluding hydrogens is 145 g/mol. The first-order valence-corrected chi connectivity index (χ1v) is 3.10. The molecule has 1 heterocycles. The van der Waals surface area contributed by atoms with Crippen molar-refractivity contribution in [3.05, 3.63) is 0 Å². The molecule has 10 heavy (non-hydrogen) atoms. The largest absolute Gasteiger partial charge is 0.417 e. The molecule has 1 aliphatic heterocycles. The first-order valence-electron chi connectivity index (χ1n) is 3.10. The predicted molar refractivity (Wildman–Crippen MR) is 29.6 cm³/mol. The molecule has 0 aromatic carbocycles. The molecule has 0 aliphatic carbocycles. The van der Waals surface area contributed by atoms with E-state index in [0.717, 1.165) is 6.92 Å². The third kappa shape index (κ3) is 1.00. The summed E-state index contributed by atoms with van der Waals surface area (Å²) in [6.07, 6.45) is -4.37. The number of alkyl halides is 3. The lowest BCUT2D eigenvalue weighted by Gasteiger charge is -2.44. The topological polar surface area (TPSA) is 9.23 Å². The van der Waals surface area contributed by atoms with Crippen LogP contribution in [-0.4, -0.2) is 17.9 Å². The second kappa shape index (κ2) is 1.87. The number of hydrogen-bond donors (Lipinski definition) is 0. The van der Waals surface area contributed by atoms with Gasteiger partial charge in [-0.1, -0.05) is 0 Å². The van der Waals surface area contributed by atoms with Crippen LogP contribution >= 0.6 is 0 Å². The van der Waals surface area contributed by atoms with Gasteiger partial charge in [-0.3, -0.25) is 0 Å². The van der Waals surface area contributed by atoms with Gasteiger partial charge in [-0.15, -0.1) is 0 Å². The van der Waals surface area contributed by atoms with Crippen molar-refractivity contribution in [1.82, 2.24) is 0 Å². The monoisotopic (exact) mass is 154 g/mol. The Labute approximate surface area is 57.2 Å². The molecule has 0 spiro atoms. The van der Waals surface area contributed by atoms with Gasteiger partial charge in [0.2, 0.25) is 0 Å². The molecular formula is C6H9F3O. The number of hydrogen-bond acceptors (Lipinski definition) is 1. The minimum atomic E-state index is -4.21. The molecule has 4 heteroatoms. The second-order valence-corrected chi connectivity index (χ2v) is 2.86. The van der Waals surface area contributed by atoms with E-state index < -0.39 is 11.8 Å². The van der Waals surface area contributed by atoms with Crippen molar-refractivity contribution in [3.63, 3.8) is 0 Å². The highest BCUT2D eigenvalue weighted by Crippen LogP contribution is 2.44.